The molecule has 114 valence electrons. The number of halogens is 4. The largest absolute Gasteiger partial charge is 0.405 e. The molecule has 1 aromatic rings. The van der Waals surface area contributed by atoms with Crippen molar-refractivity contribution in [2.75, 3.05) is 18.0 Å². The van der Waals surface area contributed by atoms with Crippen LogP contribution in [0.15, 0.2) is 28.7 Å². The molecule has 1 aliphatic rings. The van der Waals surface area contributed by atoms with Crippen LogP contribution in [0.3, 0.4) is 0 Å². The van der Waals surface area contributed by atoms with E-state index in [4.69, 9.17) is 0 Å². The molecule has 1 heterocycles. The lowest BCUT2D eigenvalue weighted by molar-refractivity contribution is -0.143. The first kappa shape index (κ1) is 15.8. The highest BCUT2D eigenvalue weighted by molar-refractivity contribution is 9.10. The summed E-state index contributed by atoms with van der Waals surface area (Å²) in [6.07, 6.45) is -4.29. The molecule has 0 aromatic heterocycles. The van der Waals surface area contributed by atoms with Gasteiger partial charge in [-0.05, 0) is 34.5 Å². The number of anilines is 1. The van der Waals surface area contributed by atoms with Gasteiger partial charge in [-0.2, -0.15) is 13.2 Å². The summed E-state index contributed by atoms with van der Waals surface area (Å²) in [7, 11) is 0. The number of benzene rings is 1. The molecule has 2 amide bonds. The van der Waals surface area contributed by atoms with E-state index in [-0.39, 0.29) is 6.42 Å². The Labute approximate surface area is 127 Å². The summed E-state index contributed by atoms with van der Waals surface area (Å²) in [4.78, 5) is 25.3. The van der Waals surface area contributed by atoms with Crippen molar-refractivity contribution in [3.8, 4) is 0 Å². The Morgan fingerprint density at radius 1 is 1.38 bits per heavy atom. The predicted octanol–water partition coefficient (Wildman–Crippen LogP) is 2.48. The molecule has 1 aromatic carbocycles. The molecule has 0 spiro atoms. The van der Waals surface area contributed by atoms with Crippen LogP contribution in [-0.4, -0.2) is 31.1 Å². The maximum atomic E-state index is 12.2. The molecule has 1 aliphatic heterocycles. The van der Waals surface area contributed by atoms with Crippen LogP contribution in [0.4, 0.5) is 18.9 Å². The van der Waals surface area contributed by atoms with E-state index in [0.29, 0.717) is 16.7 Å². The molecule has 2 rings (SSSR count). The fraction of sp³-hybridized carbons (Fsp3) is 0.385. The second-order valence-corrected chi connectivity index (χ2v) is 5.47. The average Bonchev–Trinajstić information content (AvgIpc) is 2.78. The molecule has 8 heteroatoms. The van der Waals surface area contributed by atoms with Crippen molar-refractivity contribution in [2.45, 2.75) is 12.6 Å². The van der Waals surface area contributed by atoms with Crippen molar-refractivity contribution in [1.82, 2.24) is 5.32 Å². The normalized spacial score (nSPS) is 19.0. The number of nitrogens with zero attached hydrogens (tertiary/aromatic N) is 1. The van der Waals surface area contributed by atoms with Crippen LogP contribution in [0.25, 0.3) is 0 Å². The third-order valence-electron chi connectivity index (χ3n) is 3.13. The fourth-order valence-corrected chi connectivity index (χ4v) is 2.64. The first-order chi connectivity index (χ1) is 9.79. The van der Waals surface area contributed by atoms with Crippen LogP contribution in [0.1, 0.15) is 6.42 Å². The average molecular weight is 365 g/mol. The standard InChI is InChI=1S/C13H12BrF3N2O2/c14-9-3-1-2-4-10(9)19-6-5-8(12(19)21)11(20)18-7-13(15,16)17/h1-4,8H,5-7H2,(H,18,20). The van der Waals surface area contributed by atoms with Crippen LogP contribution < -0.4 is 10.2 Å². The van der Waals surface area contributed by atoms with Gasteiger partial charge in [0.25, 0.3) is 0 Å². The van der Waals surface area contributed by atoms with Gasteiger partial charge in [0.2, 0.25) is 11.8 Å². The van der Waals surface area contributed by atoms with Crippen LogP contribution in [0, 0.1) is 5.92 Å². The number of para-hydroxylation sites is 1. The summed E-state index contributed by atoms with van der Waals surface area (Å²) < 4.78 is 36.9. The molecular formula is C13H12BrF3N2O2. The lowest BCUT2D eigenvalue weighted by Crippen LogP contribution is -2.40. The second-order valence-electron chi connectivity index (χ2n) is 4.62. The number of rotatable bonds is 3. The molecule has 4 nitrogen and oxygen atoms in total. The first-order valence-electron chi connectivity index (χ1n) is 6.20. The minimum absolute atomic E-state index is 0.198. The third kappa shape index (κ3) is 3.75. The number of nitrogens with one attached hydrogen (secondary N) is 1. The first-order valence-corrected chi connectivity index (χ1v) is 6.99. The lowest BCUT2D eigenvalue weighted by atomic mass is 10.1. The van der Waals surface area contributed by atoms with Crippen molar-refractivity contribution < 1.29 is 22.8 Å². The van der Waals surface area contributed by atoms with Crippen molar-refractivity contribution in [1.29, 1.82) is 0 Å². The molecule has 1 unspecified atom stereocenters. The van der Waals surface area contributed by atoms with Gasteiger partial charge in [0.05, 0.1) is 5.69 Å². The van der Waals surface area contributed by atoms with Gasteiger partial charge in [-0.1, -0.05) is 12.1 Å². The Morgan fingerprint density at radius 2 is 2.05 bits per heavy atom. The number of alkyl halides is 3. The summed E-state index contributed by atoms with van der Waals surface area (Å²) in [5.74, 6) is -2.44. The summed E-state index contributed by atoms with van der Waals surface area (Å²) >= 11 is 3.30. The smallest absolute Gasteiger partial charge is 0.346 e. The van der Waals surface area contributed by atoms with E-state index >= 15 is 0 Å². The van der Waals surface area contributed by atoms with Gasteiger partial charge in [0, 0.05) is 11.0 Å². The van der Waals surface area contributed by atoms with E-state index in [1.54, 1.807) is 29.6 Å². The molecule has 1 saturated heterocycles. The third-order valence-corrected chi connectivity index (χ3v) is 3.80. The lowest BCUT2D eigenvalue weighted by Gasteiger charge is -2.18. The van der Waals surface area contributed by atoms with E-state index in [1.807, 2.05) is 0 Å². The number of amides is 2. The van der Waals surface area contributed by atoms with Gasteiger partial charge >= 0.3 is 6.18 Å². The van der Waals surface area contributed by atoms with Gasteiger partial charge in [-0.25, -0.2) is 0 Å². The van der Waals surface area contributed by atoms with Crippen molar-refractivity contribution in [3.05, 3.63) is 28.7 Å². The van der Waals surface area contributed by atoms with Crippen LogP contribution in [0.2, 0.25) is 0 Å². The molecule has 0 bridgehead atoms. The van der Waals surface area contributed by atoms with Gasteiger partial charge in [0.1, 0.15) is 12.5 Å². The minimum Gasteiger partial charge on any atom is -0.346 e. The van der Waals surface area contributed by atoms with Crippen LogP contribution in [-0.2, 0) is 9.59 Å². The maximum Gasteiger partial charge on any atom is 0.405 e. The maximum absolute atomic E-state index is 12.2. The van der Waals surface area contributed by atoms with E-state index < -0.39 is 30.5 Å². The number of carbonyl (C=O) groups excluding carboxylic acids is 2. The van der Waals surface area contributed by atoms with E-state index in [2.05, 4.69) is 15.9 Å². The van der Waals surface area contributed by atoms with Gasteiger partial charge in [-0.15, -0.1) is 0 Å². The second kappa shape index (κ2) is 6.05. The highest BCUT2D eigenvalue weighted by Gasteiger charge is 2.39. The zero-order valence-corrected chi connectivity index (χ0v) is 12.4. The van der Waals surface area contributed by atoms with Gasteiger partial charge < -0.3 is 10.2 Å². The Hall–Kier alpha value is -1.57. The Kier molecular flexibility index (Phi) is 4.55. The Balaban J connectivity index is 2.05. The Morgan fingerprint density at radius 3 is 2.67 bits per heavy atom. The number of hydrogen-bond acceptors (Lipinski definition) is 2. The predicted molar refractivity (Wildman–Crippen MR) is 73.7 cm³/mol. The monoisotopic (exact) mass is 364 g/mol. The SMILES string of the molecule is O=C(NCC(F)(F)F)C1CCN(c2ccccc2Br)C1=O. The van der Waals surface area contributed by atoms with Crippen LogP contribution in [0.5, 0.6) is 0 Å². The van der Waals surface area contributed by atoms with Crippen LogP contribution >= 0.6 is 15.9 Å². The molecule has 1 fully saturated rings. The van der Waals surface area contributed by atoms with Crippen molar-refractivity contribution in [2.24, 2.45) is 5.92 Å². The highest BCUT2D eigenvalue weighted by atomic mass is 79.9. The summed E-state index contributed by atoms with van der Waals surface area (Å²) in [6.45, 7) is -1.13. The summed E-state index contributed by atoms with van der Waals surface area (Å²) in [5, 5.41) is 1.76. The summed E-state index contributed by atoms with van der Waals surface area (Å²) in [6, 6.07) is 6.98. The van der Waals surface area contributed by atoms with Gasteiger partial charge in [0.15, 0.2) is 0 Å². The topological polar surface area (TPSA) is 49.4 Å². The number of carbonyl (C=O) groups is 2. The molecule has 0 radical (unpaired) electrons. The molecular weight excluding hydrogens is 353 g/mol. The molecule has 0 aliphatic carbocycles. The zero-order valence-electron chi connectivity index (χ0n) is 10.8. The molecule has 21 heavy (non-hydrogen) atoms. The van der Waals surface area contributed by atoms with E-state index in [9.17, 15) is 22.8 Å². The Bertz CT molecular complexity index is 563. The van der Waals surface area contributed by atoms with Crippen molar-refractivity contribution >= 4 is 33.4 Å². The number of hydrogen-bond donors (Lipinski definition) is 1. The fourth-order valence-electron chi connectivity index (χ4n) is 2.14. The van der Waals surface area contributed by atoms with E-state index in [0.717, 1.165) is 0 Å². The van der Waals surface area contributed by atoms with Gasteiger partial charge in [-0.3, -0.25) is 9.59 Å². The molecule has 1 N–H and O–H groups in total. The van der Waals surface area contributed by atoms with Crippen molar-refractivity contribution in [3.63, 3.8) is 0 Å². The molecule has 0 saturated carbocycles. The minimum atomic E-state index is -4.49. The van der Waals surface area contributed by atoms with E-state index in [1.165, 1.54) is 4.90 Å². The zero-order chi connectivity index (χ0) is 15.6. The summed E-state index contributed by atoms with van der Waals surface area (Å²) in [5.41, 5.74) is 0.605. The molecule has 1 atom stereocenters. The quantitative estimate of drug-likeness (QED) is 0.837. The highest BCUT2D eigenvalue weighted by Crippen LogP contribution is 2.31.